The van der Waals surface area contributed by atoms with Gasteiger partial charge in [0, 0.05) is 6.04 Å². The summed E-state index contributed by atoms with van der Waals surface area (Å²) in [6, 6.07) is 6.33. The fourth-order valence-electron chi connectivity index (χ4n) is 1.93. The lowest BCUT2D eigenvalue weighted by Crippen LogP contribution is -2.41. The molecule has 0 aliphatic heterocycles. The smallest absolute Gasteiger partial charge is 0.260 e. The maximum atomic E-state index is 12.0. The minimum atomic E-state index is -0.483. The Balaban J connectivity index is 2.81. The molecule has 0 aliphatic carbocycles. The second-order valence-electron chi connectivity index (χ2n) is 5.77. The Morgan fingerprint density at radius 2 is 1.90 bits per heavy atom. The van der Waals surface area contributed by atoms with E-state index in [0.717, 1.165) is 23.3 Å². The Kier molecular flexibility index (Phi) is 6.05. The van der Waals surface area contributed by atoms with Crippen molar-refractivity contribution < 1.29 is 9.53 Å². The molecule has 2 atom stereocenters. The molecule has 112 valence electrons. The number of aryl methyl sites for hydroxylation is 1. The van der Waals surface area contributed by atoms with Crippen molar-refractivity contribution in [1.29, 1.82) is 0 Å². The molecular weight excluding hydrogens is 250 g/mol. The first-order valence-electron chi connectivity index (χ1n) is 7.42. The van der Waals surface area contributed by atoms with Gasteiger partial charge in [0.1, 0.15) is 5.75 Å². The molecule has 0 heterocycles. The predicted molar refractivity (Wildman–Crippen MR) is 83.3 cm³/mol. The van der Waals surface area contributed by atoms with Gasteiger partial charge >= 0.3 is 0 Å². The summed E-state index contributed by atoms with van der Waals surface area (Å²) in [6.45, 7) is 12.1. The van der Waals surface area contributed by atoms with Crippen molar-refractivity contribution in [3.05, 3.63) is 29.3 Å². The maximum Gasteiger partial charge on any atom is 0.260 e. The van der Waals surface area contributed by atoms with Gasteiger partial charge in [-0.3, -0.25) is 4.79 Å². The molecule has 1 aromatic carbocycles. The number of nitrogens with one attached hydrogen (secondary N) is 1. The molecule has 0 aliphatic rings. The average Bonchev–Trinajstić information content (AvgIpc) is 2.38. The summed E-state index contributed by atoms with van der Waals surface area (Å²) < 4.78 is 5.88. The van der Waals surface area contributed by atoms with Crippen LogP contribution < -0.4 is 10.1 Å². The summed E-state index contributed by atoms with van der Waals surface area (Å²) in [5, 5.41) is 2.95. The molecule has 0 saturated carbocycles. The van der Waals surface area contributed by atoms with Gasteiger partial charge in [-0.25, -0.2) is 0 Å². The highest BCUT2D eigenvalue weighted by atomic mass is 16.5. The Bertz CT molecular complexity index is 454. The van der Waals surface area contributed by atoms with E-state index in [2.05, 4.69) is 31.3 Å². The fraction of sp³-hybridized carbons (Fsp3) is 0.588. The van der Waals surface area contributed by atoms with Crippen molar-refractivity contribution in [3.8, 4) is 5.75 Å². The highest BCUT2D eigenvalue weighted by Crippen LogP contribution is 2.28. The molecule has 0 aromatic heterocycles. The third-order valence-corrected chi connectivity index (χ3v) is 3.47. The topological polar surface area (TPSA) is 38.3 Å². The molecule has 1 amide bonds. The van der Waals surface area contributed by atoms with Gasteiger partial charge in [0.25, 0.3) is 5.91 Å². The molecule has 0 saturated heterocycles. The van der Waals surface area contributed by atoms with E-state index in [9.17, 15) is 4.79 Å². The summed E-state index contributed by atoms with van der Waals surface area (Å²) in [4.78, 5) is 12.0. The lowest BCUT2D eigenvalue weighted by atomic mass is 10.0. The molecule has 0 unspecified atom stereocenters. The SMILES string of the molecule is CC[C@H](C)NC(=O)[C@@H](C)Oc1cc(C)ccc1C(C)C. The van der Waals surface area contributed by atoms with Crippen LogP contribution in [0.5, 0.6) is 5.75 Å². The van der Waals surface area contributed by atoms with Crippen LogP contribution in [-0.2, 0) is 4.79 Å². The van der Waals surface area contributed by atoms with E-state index in [0.29, 0.717) is 5.92 Å². The third-order valence-electron chi connectivity index (χ3n) is 3.47. The van der Waals surface area contributed by atoms with Gasteiger partial charge in [-0.05, 0) is 50.3 Å². The molecule has 1 rings (SSSR count). The molecule has 1 aromatic rings. The summed E-state index contributed by atoms with van der Waals surface area (Å²) in [6.07, 6.45) is 0.434. The summed E-state index contributed by atoms with van der Waals surface area (Å²) in [5.41, 5.74) is 2.28. The van der Waals surface area contributed by atoms with E-state index < -0.39 is 6.10 Å². The minimum Gasteiger partial charge on any atom is -0.481 e. The number of benzene rings is 1. The molecular formula is C17H27NO2. The largest absolute Gasteiger partial charge is 0.481 e. The van der Waals surface area contributed by atoms with Crippen molar-refractivity contribution in [1.82, 2.24) is 5.32 Å². The van der Waals surface area contributed by atoms with Crippen LogP contribution in [0.15, 0.2) is 18.2 Å². The summed E-state index contributed by atoms with van der Waals surface area (Å²) in [7, 11) is 0. The fourth-order valence-corrected chi connectivity index (χ4v) is 1.93. The average molecular weight is 277 g/mol. The molecule has 3 nitrogen and oxygen atoms in total. The summed E-state index contributed by atoms with van der Waals surface area (Å²) >= 11 is 0. The first-order valence-corrected chi connectivity index (χ1v) is 7.42. The zero-order chi connectivity index (χ0) is 15.3. The van der Waals surface area contributed by atoms with Gasteiger partial charge < -0.3 is 10.1 Å². The van der Waals surface area contributed by atoms with Crippen molar-refractivity contribution in [2.75, 3.05) is 0 Å². The van der Waals surface area contributed by atoms with Crippen molar-refractivity contribution >= 4 is 5.91 Å². The number of amides is 1. The van der Waals surface area contributed by atoms with E-state index in [-0.39, 0.29) is 11.9 Å². The number of carbonyl (C=O) groups excluding carboxylic acids is 1. The van der Waals surface area contributed by atoms with Gasteiger partial charge in [0.05, 0.1) is 0 Å². The van der Waals surface area contributed by atoms with Crippen molar-refractivity contribution in [2.45, 2.75) is 66.0 Å². The lowest BCUT2D eigenvalue weighted by molar-refractivity contribution is -0.127. The minimum absolute atomic E-state index is 0.0597. The van der Waals surface area contributed by atoms with Gasteiger partial charge in [-0.15, -0.1) is 0 Å². The Morgan fingerprint density at radius 3 is 2.45 bits per heavy atom. The molecule has 0 fully saturated rings. The molecule has 0 spiro atoms. The van der Waals surface area contributed by atoms with E-state index in [1.165, 1.54) is 0 Å². The van der Waals surface area contributed by atoms with Gasteiger partial charge in [0.15, 0.2) is 6.10 Å². The quantitative estimate of drug-likeness (QED) is 0.859. The van der Waals surface area contributed by atoms with Crippen LogP contribution in [0, 0.1) is 6.92 Å². The van der Waals surface area contributed by atoms with E-state index >= 15 is 0 Å². The lowest BCUT2D eigenvalue weighted by Gasteiger charge is -2.21. The third kappa shape index (κ3) is 4.55. The van der Waals surface area contributed by atoms with Gasteiger partial charge in [-0.1, -0.05) is 32.9 Å². The highest BCUT2D eigenvalue weighted by molar-refractivity contribution is 5.81. The monoisotopic (exact) mass is 277 g/mol. The first kappa shape index (κ1) is 16.5. The van der Waals surface area contributed by atoms with Crippen LogP contribution in [0.3, 0.4) is 0 Å². The number of ether oxygens (including phenoxy) is 1. The normalized spacial score (nSPS) is 13.9. The molecule has 0 bridgehead atoms. The standard InChI is InChI=1S/C17H27NO2/c1-7-13(5)18-17(19)14(6)20-16-10-12(4)8-9-15(16)11(2)3/h8-11,13-14H,7H2,1-6H3,(H,18,19)/t13-,14+/m0/s1. The Hall–Kier alpha value is -1.51. The van der Waals surface area contributed by atoms with Crippen LogP contribution >= 0.6 is 0 Å². The zero-order valence-electron chi connectivity index (χ0n) is 13.5. The van der Waals surface area contributed by atoms with Crippen LogP contribution in [0.2, 0.25) is 0 Å². The Morgan fingerprint density at radius 1 is 1.25 bits per heavy atom. The van der Waals surface area contributed by atoms with Gasteiger partial charge in [-0.2, -0.15) is 0 Å². The summed E-state index contributed by atoms with van der Waals surface area (Å²) in [5.74, 6) is 1.12. The predicted octanol–water partition coefficient (Wildman–Crippen LogP) is 3.80. The van der Waals surface area contributed by atoms with E-state index in [1.807, 2.05) is 26.8 Å². The van der Waals surface area contributed by atoms with Crippen LogP contribution in [-0.4, -0.2) is 18.1 Å². The van der Waals surface area contributed by atoms with Crippen molar-refractivity contribution in [3.63, 3.8) is 0 Å². The second-order valence-corrected chi connectivity index (χ2v) is 5.77. The molecule has 1 N–H and O–H groups in total. The first-order chi connectivity index (χ1) is 9.35. The van der Waals surface area contributed by atoms with Crippen molar-refractivity contribution in [2.24, 2.45) is 0 Å². The van der Waals surface area contributed by atoms with Crippen LogP contribution in [0.4, 0.5) is 0 Å². The number of hydrogen-bond acceptors (Lipinski definition) is 2. The van der Waals surface area contributed by atoms with Crippen LogP contribution in [0.1, 0.15) is 58.1 Å². The molecule has 20 heavy (non-hydrogen) atoms. The second kappa shape index (κ2) is 7.32. The zero-order valence-corrected chi connectivity index (χ0v) is 13.5. The van der Waals surface area contributed by atoms with E-state index in [1.54, 1.807) is 6.92 Å². The number of carbonyl (C=O) groups is 1. The Labute approximate surface area is 122 Å². The number of rotatable bonds is 6. The van der Waals surface area contributed by atoms with Gasteiger partial charge in [0.2, 0.25) is 0 Å². The molecule has 0 radical (unpaired) electrons. The highest BCUT2D eigenvalue weighted by Gasteiger charge is 2.18. The molecule has 3 heteroatoms. The van der Waals surface area contributed by atoms with E-state index in [4.69, 9.17) is 4.74 Å². The van der Waals surface area contributed by atoms with Crippen LogP contribution in [0.25, 0.3) is 0 Å². The maximum absolute atomic E-state index is 12.0. The number of hydrogen-bond donors (Lipinski definition) is 1.